The van der Waals surface area contributed by atoms with Crippen molar-refractivity contribution in [3.8, 4) is 11.5 Å². The molecule has 0 aliphatic carbocycles. The quantitative estimate of drug-likeness (QED) is 0.854. The maximum Gasteiger partial charge on any atom is 0.257 e. The number of hydrogen-bond donors (Lipinski definition) is 1. The van der Waals surface area contributed by atoms with E-state index in [9.17, 15) is 4.79 Å². The van der Waals surface area contributed by atoms with Gasteiger partial charge in [0.1, 0.15) is 11.5 Å². The van der Waals surface area contributed by atoms with Gasteiger partial charge in [0, 0.05) is 6.54 Å². The average Bonchev–Trinajstić information content (AvgIpc) is 2.53. The van der Waals surface area contributed by atoms with Crippen molar-refractivity contribution >= 4 is 5.91 Å². The van der Waals surface area contributed by atoms with Crippen LogP contribution < -0.4 is 14.8 Å². The van der Waals surface area contributed by atoms with E-state index in [0.717, 1.165) is 34.6 Å². The number of ether oxygens (including phenoxy) is 2. The first kappa shape index (κ1) is 16.9. The Morgan fingerprint density at radius 1 is 1.00 bits per heavy atom. The first-order valence-electron chi connectivity index (χ1n) is 7.67. The molecule has 1 N–H and O–H groups in total. The molecule has 4 nitrogen and oxygen atoms in total. The third-order valence-corrected chi connectivity index (χ3v) is 3.46. The minimum atomic E-state index is -0.113. The molecule has 4 heteroatoms. The van der Waals surface area contributed by atoms with Crippen molar-refractivity contribution in [3.05, 3.63) is 59.2 Å². The van der Waals surface area contributed by atoms with E-state index in [1.807, 2.05) is 50.2 Å². The fraction of sp³-hybridized carbons (Fsp3) is 0.316. The molecule has 1 amide bonds. The Balaban J connectivity index is 1.72. The van der Waals surface area contributed by atoms with Gasteiger partial charge in [0.15, 0.2) is 6.61 Å². The lowest BCUT2D eigenvalue weighted by Gasteiger charge is -2.09. The maximum atomic E-state index is 11.8. The number of methoxy groups -OCH3 is 1. The molecule has 0 aromatic heterocycles. The van der Waals surface area contributed by atoms with Crippen LogP contribution >= 0.6 is 0 Å². The second kappa shape index (κ2) is 8.22. The third kappa shape index (κ3) is 5.66. The highest BCUT2D eigenvalue weighted by Gasteiger charge is 2.04. The summed E-state index contributed by atoms with van der Waals surface area (Å²) in [6.45, 7) is 4.64. The van der Waals surface area contributed by atoms with Crippen LogP contribution in [0.1, 0.15) is 16.7 Å². The average molecular weight is 313 g/mol. The number of carbonyl (C=O) groups excluding carboxylic acids is 1. The molecule has 122 valence electrons. The van der Waals surface area contributed by atoms with Gasteiger partial charge in [-0.15, -0.1) is 0 Å². The van der Waals surface area contributed by atoms with E-state index in [-0.39, 0.29) is 12.5 Å². The van der Waals surface area contributed by atoms with Crippen LogP contribution in [-0.4, -0.2) is 26.2 Å². The topological polar surface area (TPSA) is 47.6 Å². The van der Waals surface area contributed by atoms with E-state index in [2.05, 4.69) is 11.4 Å². The van der Waals surface area contributed by atoms with Gasteiger partial charge in [-0.25, -0.2) is 0 Å². The maximum absolute atomic E-state index is 11.8. The monoisotopic (exact) mass is 313 g/mol. The van der Waals surface area contributed by atoms with Crippen LogP contribution in [0.3, 0.4) is 0 Å². The van der Waals surface area contributed by atoms with Gasteiger partial charge in [-0.2, -0.15) is 0 Å². The van der Waals surface area contributed by atoms with Gasteiger partial charge in [-0.05, 0) is 61.2 Å². The zero-order chi connectivity index (χ0) is 16.7. The molecule has 0 radical (unpaired) electrons. The van der Waals surface area contributed by atoms with Crippen LogP contribution in [0.15, 0.2) is 42.5 Å². The highest BCUT2D eigenvalue weighted by atomic mass is 16.5. The van der Waals surface area contributed by atoms with E-state index >= 15 is 0 Å². The van der Waals surface area contributed by atoms with Crippen molar-refractivity contribution in [3.63, 3.8) is 0 Å². The van der Waals surface area contributed by atoms with E-state index in [0.29, 0.717) is 6.54 Å². The minimum Gasteiger partial charge on any atom is -0.497 e. The number of amides is 1. The van der Waals surface area contributed by atoms with Crippen LogP contribution in [0.5, 0.6) is 11.5 Å². The minimum absolute atomic E-state index is 0.0332. The van der Waals surface area contributed by atoms with Gasteiger partial charge in [-0.1, -0.05) is 18.2 Å². The lowest BCUT2D eigenvalue weighted by molar-refractivity contribution is -0.123. The van der Waals surface area contributed by atoms with Crippen molar-refractivity contribution in [1.29, 1.82) is 0 Å². The Hall–Kier alpha value is -2.49. The summed E-state index contributed by atoms with van der Waals surface area (Å²) in [7, 11) is 1.64. The molecule has 0 aliphatic heterocycles. The Morgan fingerprint density at radius 3 is 2.26 bits per heavy atom. The Bertz CT molecular complexity index is 630. The molecular weight excluding hydrogens is 290 g/mol. The smallest absolute Gasteiger partial charge is 0.257 e. The predicted molar refractivity (Wildman–Crippen MR) is 91.1 cm³/mol. The van der Waals surface area contributed by atoms with Crippen molar-refractivity contribution in [2.24, 2.45) is 0 Å². The predicted octanol–water partition coefficient (Wildman–Crippen LogP) is 3.05. The molecule has 0 heterocycles. The molecule has 2 aromatic carbocycles. The molecule has 23 heavy (non-hydrogen) atoms. The highest BCUT2D eigenvalue weighted by molar-refractivity contribution is 5.77. The molecule has 0 fully saturated rings. The van der Waals surface area contributed by atoms with Gasteiger partial charge in [0.2, 0.25) is 0 Å². The standard InChI is InChI=1S/C19H23NO3/c1-14-10-15(2)12-18(11-14)23-13-19(21)20-9-8-16-4-6-17(22-3)7-5-16/h4-7,10-12H,8-9,13H2,1-3H3,(H,20,21). The van der Waals surface area contributed by atoms with E-state index < -0.39 is 0 Å². The number of carbonyl (C=O) groups is 1. The lowest BCUT2D eigenvalue weighted by Crippen LogP contribution is -2.30. The van der Waals surface area contributed by atoms with Crippen LogP contribution in [0.2, 0.25) is 0 Å². The summed E-state index contributed by atoms with van der Waals surface area (Å²) in [5.41, 5.74) is 3.40. The Kier molecular flexibility index (Phi) is 6.03. The van der Waals surface area contributed by atoms with E-state index in [4.69, 9.17) is 9.47 Å². The second-order valence-electron chi connectivity index (χ2n) is 5.56. The van der Waals surface area contributed by atoms with Crippen LogP contribution in [-0.2, 0) is 11.2 Å². The molecule has 2 aromatic rings. The number of nitrogens with one attached hydrogen (secondary N) is 1. The summed E-state index contributed by atoms with van der Waals surface area (Å²) >= 11 is 0. The summed E-state index contributed by atoms with van der Waals surface area (Å²) in [6, 6.07) is 13.8. The van der Waals surface area contributed by atoms with Crippen molar-refractivity contribution in [2.75, 3.05) is 20.3 Å². The summed E-state index contributed by atoms with van der Waals surface area (Å²) in [5, 5.41) is 2.86. The fourth-order valence-corrected chi connectivity index (χ4v) is 2.35. The number of hydrogen-bond acceptors (Lipinski definition) is 3. The van der Waals surface area contributed by atoms with Crippen molar-refractivity contribution in [2.45, 2.75) is 20.3 Å². The molecule has 0 aliphatic rings. The molecule has 0 unspecified atom stereocenters. The number of benzene rings is 2. The Labute approximate surface area is 137 Å². The van der Waals surface area contributed by atoms with Crippen molar-refractivity contribution in [1.82, 2.24) is 5.32 Å². The molecule has 0 saturated heterocycles. The van der Waals surface area contributed by atoms with E-state index in [1.165, 1.54) is 0 Å². The molecule has 0 spiro atoms. The molecular formula is C19H23NO3. The first-order valence-corrected chi connectivity index (χ1v) is 7.67. The summed E-state index contributed by atoms with van der Waals surface area (Å²) in [5.74, 6) is 1.45. The molecule has 0 bridgehead atoms. The molecule has 2 rings (SSSR count). The Morgan fingerprint density at radius 2 is 1.65 bits per heavy atom. The van der Waals surface area contributed by atoms with Crippen molar-refractivity contribution < 1.29 is 14.3 Å². The third-order valence-electron chi connectivity index (χ3n) is 3.46. The van der Waals surface area contributed by atoms with Crippen LogP contribution in [0, 0.1) is 13.8 Å². The second-order valence-corrected chi connectivity index (χ2v) is 5.56. The summed E-state index contributed by atoms with van der Waals surface area (Å²) in [4.78, 5) is 11.8. The normalized spacial score (nSPS) is 10.2. The SMILES string of the molecule is COc1ccc(CCNC(=O)COc2cc(C)cc(C)c2)cc1. The number of aryl methyl sites for hydroxylation is 2. The summed E-state index contributed by atoms with van der Waals surface area (Å²) < 4.78 is 10.7. The summed E-state index contributed by atoms with van der Waals surface area (Å²) in [6.07, 6.45) is 0.777. The van der Waals surface area contributed by atoms with Gasteiger partial charge < -0.3 is 14.8 Å². The van der Waals surface area contributed by atoms with Crippen LogP contribution in [0.25, 0.3) is 0 Å². The molecule has 0 atom stereocenters. The van der Waals surface area contributed by atoms with Gasteiger partial charge in [0.05, 0.1) is 7.11 Å². The fourth-order valence-electron chi connectivity index (χ4n) is 2.35. The van der Waals surface area contributed by atoms with Gasteiger partial charge >= 0.3 is 0 Å². The molecule has 0 saturated carbocycles. The lowest BCUT2D eigenvalue weighted by atomic mass is 10.1. The highest BCUT2D eigenvalue weighted by Crippen LogP contribution is 2.16. The number of rotatable bonds is 7. The van der Waals surface area contributed by atoms with Gasteiger partial charge in [-0.3, -0.25) is 4.79 Å². The largest absolute Gasteiger partial charge is 0.497 e. The zero-order valence-corrected chi connectivity index (χ0v) is 13.9. The van der Waals surface area contributed by atoms with Gasteiger partial charge in [0.25, 0.3) is 5.91 Å². The van der Waals surface area contributed by atoms with Crippen LogP contribution in [0.4, 0.5) is 0 Å². The zero-order valence-electron chi connectivity index (χ0n) is 13.9. The first-order chi connectivity index (χ1) is 11.1. The van der Waals surface area contributed by atoms with E-state index in [1.54, 1.807) is 7.11 Å².